The number of aromatic nitrogens is 1. The molecule has 1 aromatic heterocycles. The zero-order valence-corrected chi connectivity index (χ0v) is 20.6. The van der Waals surface area contributed by atoms with Gasteiger partial charge in [-0.3, -0.25) is 4.98 Å². The monoisotopic (exact) mass is 439 g/mol. The fourth-order valence-corrected chi connectivity index (χ4v) is 5.10. The van der Waals surface area contributed by atoms with E-state index < -0.39 is 0 Å². The first kappa shape index (κ1) is 23.7. The SMILES string of the molecule is C=C(CCCC)N1CCN(C(=C)c2ccc3c(Cl)c(CC)c(CC)nc3c2)C(CC)C1. The molecule has 1 saturated heterocycles. The second-order valence-corrected chi connectivity index (χ2v) is 8.99. The first-order valence-electron chi connectivity index (χ1n) is 11.9. The number of aryl methyl sites for hydroxylation is 1. The van der Waals surface area contributed by atoms with E-state index in [0.717, 1.165) is 78.2 Å². The van der Waals surface area contributed by atoms with Gasteiger partial charge in [-0.25, -0.2) is 0 Å². The number of hydrogen-bond acceptors (Lipinski definition) is 3. The Bertz CT molecular complexity index is 949. The van der Waals surface area contributed by atoms with Gasteiger partial charge in [-0.15, -0.1) is 0 Å². The Morgan fingerprint density at radius 2 is 1.90 bits per heavy atom. The van der Waals surface area contributed by atoms with Gasteiger partial charge in [0.2, 0.25) is 0 Å². The van der Waals surface area contributed by atoms with E-state index in [4.69, 9.17) is 16.6 Å². The topological polar surface area (TPSA) is 19.4 Å². The van der Waals surface area contributed by atoms with E-state index in [9.17, 15) is 0 Å². The molecule has 1 atom stereocenters. The summed E-state index contributed by atoms with van der Waals surface area (Å²) in [5.41, 5.74) is 6.76. The van der Waals surface area contributed by atoms with E-state index in [1.165, 1.54) is 24.1 Å². The minimum atomic E-state index is 0.445. The molecule has 0 bridgehead atoms. The van der Waals surface area contributed by atoms with Gasteiger partial charge in [-0.05, 0) is 49.3 Å². The first-order valence-corrected chi connectivity index (χ1v) is 12.3. The molecule has 0 N–H and O–H groups in total. The summed E-state index contributed by atoms with van der Waals surface area (Å²) >= 11 is 6.75. The van der Waals surface area contributed by atoms with Gasteiger partial charge in [-0.1, -0.05) is 71.0 Å². The summed E-state index contributed by atoms with van der Waals surface area (Å²) in [6.07, 6.45) is 6.43. The summed E-state index contributed by atoms with van der Waals surface area (Å²) in [5, 5.41) is 1.89. The largest absolute Gasteiger partial charge is 0.371 e. The van der Waals surface area contributed by atoms with Crippen LogP contribution in [0.3, 0.4) is 0 Å². The zero-order chi connectivity index (χ0) is 22.5. The highest BCUT2D eigenvalue weighted by Gasteiger charge is 2.27. The summed E-state index contributed by atoms with van der Waals surface area (Å²) in [6, 6.07) is 6.89. The summed E-state index contributed by atoms with van der Waals surface area (Å²) in [6.45, 7) is 20.7. The second kappa shape index (κ2) is 10.5. The predicted molar refractivity (Wildman–Crippen MR) is 136 cm³/mol. The number of pyridine rings is 1. The van der Waals surface area contributed by atoms with Gasteiger partial charge >= 0.3 is 0 Å². The molecule has 1 unspecified atom stereocenters. The number of piperazine rings is 1. The number of fused-ring (bicyclic) bond motifs is 1. The molecule has 4 heteroatoms. The van der Waals surface area contributed by atoms with Crippen LogP contribution < -0.4 is 0 Å². The second-order valence-electron chi connectivity index (χ2n) is 8.61. The van der Waals surface area contributed by atoms with E-state index in [1.54, 1.807) is 0 Å². The van der Waals surface area contributed by atoms with Gasteiger partial charge in [0.15, 0.2) is 0 Å². The van der Waals surface area contributed by atoms with Crippen molar-refractivity contribution in [1.29, 1.82) is 0 Å². The van der Waals surface area contributed by atoms with Crippen molar-refractivity contribution in [2.24, 2.45) is 0 Å². The number of unbranched alkanes of at least 4 members (excludes halogenated alkanes) is 1. The molecule has 0 spiro atoms. The zero-order valence-electron chi connectivity index (χ0n) is 19.8. The Kier molecular flexibility index (Phi) is 8.05. The number of hydrogen-bond donors (Lipinski definition) is 0. The number of nitrogens with zero attached hydrogens (tertiary/aromatic N) is 3. The minimum absolute atomic E-state index is 0.445. The molecule has 31 heavy (non-hydrogen) atoms. The maximum Gasteiger partial charge on any atom is 0.0727 e. The van der Waals surface area contributed by atoms with Crippen LogP contribution in [-0.4, -0.2) is 40.5 Å². The molecule has 3 rings (SSSR count). The molecular weight excluding hydrogens is 402 g/mol. The molecule has 0 saturated carbocycles. The Morgan fingerprint density at radius 3 is 2.55 bits per heavy atom. The smallest absolute Gasteiger partial charge is 0.0727 e. The lowest BCUT2D eigenvalue weighted by Gasteiger charge is -2.45. The van der Waals surface area contributed by atoms with Crippen molar-refractivity contribution in [3.05, 3.63) is 58.9 Å². The molecule has 1 aliphatic heterocycles. The van der Waals surface area contributed by atoms with Crippen LogP contribution in [0.2, 0.25) is 5.02 Å². The van der Waals surface area contributed by atoms with Gasteiger partial charge in [0.1, 0.15) is 0 Å². The van der Waals surface area contributed by atoms with Gasteiger partial charge in [0.25, 0.3) is 0 Å². The van der Waals surface area contributed by atoms with Crippen LogP contribution in [0.25, 0.3) is 16.6 Å². The van der Waals surface area contributed by atoms with Crippen molar-refractivity contribution in [2.75, 3.05) is 19.6 Å². The summed E-state index contributed by atoms with van der Waals surface area (Å²) in [4.78, 5) is 9.91. The van der Waals surface area contributed by atoms with E-state index >= 15 is 0 Å². The summed E-state index contributed by atoms with van der Waals surface area (Å²) in [5.74, 6) is 0. The molecule has 1 aromatic carbocycles. The Morgan fingerprint density at radius 1 is 1.13 bits per heavy atom. The molecule has 2 aromatic rings. The Labute approximate surface area is 193 Å². The van der Waals surface area contributed by atoms with Gasteiger partial charge < -0.3 is 9.80 Å². The first-order chi connectivity index (χ1) is 14.9. The highest BCUT2D eigenvalue weighted by atomic mass is 35.5. The van der Waals surface area contributed by atoms with Crippen LogP contribution in [0.5, 0.6) is 0 Å². The number of benzene rings is 1. The van der Waals surface area contributed by atoms with Gasteiger partial charge in [0.05, 0.1) is 10.5 Å². The maximum atomic E-state index is 6.75. The third-order valence-electron chi connectivity index (χ3n) is 6.69. The highest BCUT2D eigenvalue weighted by Crippen LogP contribution is 2.33. The van der Waals surface area contributed by atoms with E-state index in [1.807, 2.05) is 0 Å². The van der Waals surface area contributed by atoms with Crippen molar-refractivity contribution in [2.45, 2.75) is 72.3 Å². The van der Waals surface area contributed by atoms with Crippen molar-refractivity contribution < 1.29 is 0 Å². The fraction of sp³-hybridized carbons (Fsp3) is 0.519. The third kappa shape index (κ3) is 4.92. The van der Waals surface area contributed by atoms with Crippen LogP contribution in [-0.2, 0) is 12.8 Å². The fourth-order valence-electron chi connectivity index (χ4n) is 4.70. The minimum Gasteiger partial charge on any atom is -0.371 e. The molecule has 3 nitrogen and oxygen atoms in total. The average Bonchev–Trinajstić information content (AvgIpc) is 2.80. The van der Waals surface area contributed by atoms with Crippen molar-refractivity contribution in [3.63, 3.8) is 0 Å². The Hall–Kier alpha value is -2.00. The lowest BCUT2D eigenvalue weighted by molar-refractivity contribution is 0.141. The standard InChI is InChI=1S/C27H38ClN3/c1-7-11-12-19(5)30-15-16-31(22(8-2)18-30)20(6)21-13-14-24-26(17-21)29-25(10-4)23(9-3)27(24)28/h13-14,17,22H,5-12,15-16,18H2,1-4H3. The summed E-state index contributed by atoms with van der Waals surface area (Å²) in [7, 11) is 0. The molecule has 1 fully saturated rings. The normalized spacial score (nSPS) is 16.7. The highest BCUT2D eigenvalue weighted by molar-refractivity contribution is 6.36. The van der Waals surface area contributed by atoms with E-state index in [-0.39, 0.29) is 0 Å². The number of halogens is 1. The third-order valence-corrected chi connectivity index (χ3v) is 7.12. The molecule has 0 radical (unpaired) electrons. The molecular formula is C27H38ClN3. The summed E-state index contributed by atoms with van der Waals surface area (Å²) < 4.78 is 0. The van der Waals surface area contributed by atoms with Crippen molar-refractivity contribution in [1.82, 2.24) is 14.8 Å². The Balaban J connectivity index is 1.84. The quantitative estimate of drug-likeness (QED) is 0.416. The maximum absolute atomic E-state index is 6.75. The van der Waals surface area contributed by atoms with Crippen LogP contribution in [0.1, 0.15) is 70.2 Å². The predicted octanol–water partition coefficient (Wildman–Crippen LogP) is 7.08. The molecule has 0 aliphatic carbocycles. The molecule has 0 amide bonds. The van der Waals surface area contributed by atoms with Crippen LogP contribution in [0, 0.1) is 0 Å². The number of allylic oxidation sites excluding steroid dienone is 1. The van der Waals surface area contributed by atoms with E-state index in [2.05, 4.69) is 68.9 Å². The lowest BCUT2D eigenvalue weighted by Crippen LogP contribution is -2.51. The van der Waals surface area contributed by atoms with Crippen LogP contribution in [0.15, 0.2) is 37.1 Å². The van der Waals surface area contributed by atoms with E-state index in [0.29, 0.717) is 6.04 Å². The van der Waals surface area contributed by atoms with Crippen molar-refractivity contribution >= 4 is 28.2 Å². The average molecular weight is 440 g/mol. The van der Waals surface area contributed by atoms with Gasteiger partial charge in [0, 0.05) is 48.2 Å². The van der Waals surface area contributed by atoms with Crippen LogP contribution >= 0.6 is 11.6 Å². The van der Waals surface area contributed by atoms with Crippen molar-refractivity contribution in [3.8, 4) is 0 Å². The van der Waals surface area contributed by atoms with Crippen LogP contribution in [0.4, 0.5) is 0 Å². The number of rotatable bonds is 9. The molecule has 1 aliphatic rings. The molecule has 168 valence electrons. The lowest BCUT2D eigenvalue weighted by atomic mass is 10.0. The molecule has 2 heterocycles. The van der Waals surface area contributed by atoms with Gasteiger partial charge in [-0.2, -0.15) is 0 Å².